The van der Waals surface area contributed by atoms with Crippen molar-refractivity contribution in [3.63, 3.8) is 0 Å². The number of pyridine rings is 2. The first-order valence-corrected chi connectivity index (χ1v) is 7.84. The van der Waals surface area contributed by atoms with E-state index in [0.29, 0.717) is 31.2 Å². The van der Waals surface area contributed by atoms with Crippen molar-refractivity contribution in [2.45, 2.75) is 25.1 Å². The Morgan fingerprint density at radius 3 is 2.83 bits per heavy atom. The van der Waals surface area contributed by atoms with Gasteiger partial charge in [0.15, 0.2) is 0 Å². The van der Waals surface area contributed by atoms with Crippen LogP contribution in [-0.4, -0.2) is 42.8 Å². The Morgan fingerprint density at radius 2 is 2.04 bits per heavy atom. The van der Waals surface area contributed by atoms with E-state index in [1.54, 1.807) is 24.8 Å². The van der Waals surface area contributed by atoms with E-state index in [1.807, 2.05) is 24.3 Å². The van der Waals surface area contributed by atoms with Gasteiger partial charge in [0.2, 0.25) is 11.7 Å². The zero-order valence-electron chi connectivity index (χ0n) is 13.0. The van der Waals surface area contributed by atoms with Crippen molar-refractivity contribution >= 4 is 0 Å². The third kappa shape index (κ3) is 3.04. The molecule has 1 saturated heterocycles. The molecule has 7 nitrogen and oxygen atoms in total. The molecule has 1 N–H and O–H groups in total. The molecule has 7 heteroatoms. The predicted octanol–water partition coefficient (Wildman–Crippen LogP) is 1.83. The van der Waals surface area contributed by atoms with Gasteiger partial charge in [-0.1, -0.05) is 5.16 Å². The number of nitrogens with zero attached hydrogens (tertiary/aromatic N) is 5. The van der Waals surface area contributed by atoms with Crippen LogP contribution in [0.4, 0.5) is 0 Å². The molecule has 1 fully saturated rings. The molecule has 0 bridgehead atoms. The second-order valence-corrected chi connectivity index (χ2v) is 5.89. The maximum atomic E-state index is 10.1. The summed E-state index contributed by atoms with van der Waals surface area (Å²) in [5.74, 6) is 1.04. The maximum Gasteiger partial charge on any atom is 0.244 e. The molecule has 3 aromatic rings. The summed E-state index contributed by atoms with van der Waals surface area (Å²) in [6.45, 7) is 1.28. The lowest BCUT2D eigenvalue weighted by molar-refractivity contribution is 0.169. The maximum absolute atomic E-state index is 10.1. The molecule has 3 aromatic heterocycles. The number of hydrogen-bond acceptors (Lipinski definition) is 7. The molecule has 4 heterocycles. The van der Waals surface area contributed by atoms with E-state index < -0.39 is 6.10 Å². The Hall–Kier alpha value is -2.64. The summed E-state index contributed by atoms with van der Waals surface area (Å²) in [7, 11) is 0. The van der Waals surface area contributed by atoms with Crippen LogP contribution in [0.1, 0.15) is 23.9 Å². The van der Waals surface area contributed by atoms with Crippen molar-refractivity contribution in [1.82, 2.24) is 25.0 Å². The number of hydrogen-bond donors (Lipinski definition) is 1. The molecule has 0 radical (unpaired) electrons. The van der Waals surface area contributed by atoms with Crippen molar-refractivity contribution in [1.29, 1.82) is 0 Å². The van der Waals surface area contributed by atoms with Crippen molar-refractivity contribution in [3.05, 3.63) is 60.5 Å². The summed E-state index contributed by atoms with van der Waals surface area (Å²) in [6.07, 6.45) is 7.13. The highest BCUT2D eigenvalue weighted by Gasteiger charge is 2.35. The summed E-state index contributed by atoms with van der Waals surface area (Å²) >= 11 is 0. The van der Waals surface area contributed by atoms with Crippen molar-refractivity contribution in [2.75, 3.05) is 6.54 Å². The molecule has 2 unspecified atom stereocenters. The monoisotopic (exact) mass is 323 g/mol. The first-order chi connectivity index (χ1) is 11.8. The summed E-state index contributed by atoms with van der Waals surface area (Å²) in [5.41, 5.74) is 1.95. The van der Waals surface area contributed by atoms with E-state index >= 15 is 0 Å². The van der Waals surface area contributed by atoms with Gasteiger partial charge in [-0.15, -0.1) is 0 Å². The molecule has 1 aliphatic rings. The van der Waals surface area contributed by atoms with E-state index in [9.17, 15) is 5.11 Å². The molecule has 24 heavy (non-hydrogen) atoms. The standard InChI is InChI=1S/C17H17N5O2/c23-14-8-15(22(11-14)10-12-3-6-18-7-4-12)17-20-16(21-24-17)13-2-1-5-19-9-13/h1-7,9,14-15,23H,8,10-11H2. The molecule has 1 aliphatic heterocycles. The quantitative estimate of drug-likeness (QED) is 0.783. The van der Waals surface area contributed by atoms with Crippen LogP contribution in [0.5, 0.6) is 0 Å². The van der Waals surface area contributed by atoms with Crippen molar-refractivity contribution in [3.8, 4) is 11.4 Å². The first kappa shape index (κ1) is 14.9. The Bertz CT molecular complexity index is 793. The van der Waals surface area contributed by atoms with Crippen LogP contribution in [0, 0.1) is 0 Å². The molecule has 4 rings (SSSR count). The number of aromatic nitrogens is 4. The van der Waals surface area contributed by atoms with Crippen LogP contribution in [0.25, 0.3) is 11.4 Å². The summed E-state index contributed by atoms with van der Waals surface area (Å²) in [5, 5.41) is 14.1. The largest absolute Gasteiger partial charge is 0.392 e. The van der Waals surface area contributed by atoms with Crippen LogP contribution >= 0.6 is 0 Å². The summed E-state index contributed by atoms with van der Waals surface area (Å²) in [4.78, 5) is 14.8. The third-order valence-corrected chi connectivity index (χ3v) is 4.16. The molecule has 0 saturated carbocycles. The second kappa shape index (κ2) is 6.46. The highest BCUT2D eigenvalue weighted by molar-refractivity contribution is 5.51. The van der Waals surface area contributed by atoms with E-state index in [1.165, 1.54) is 0 Å². The fraction of sp³-hybridized carbons (Fsp3) is 0.294. The highest BCUT2D eigenvalue weighted by atomic mass is 16.5. The third-order valence-electron chi connectivity index (χ3n) is 4.16. The summed E-state index contributed by atoms with van der Waals surface area (Å²) in [6, 6.07) is 7.57. The molecule has 0 amide bonds. The fourth-order valence-electron chi connectivity index (χ4n) is 3.02. The molecule has 0 spiro atoms. The SMILES string of the molecule is OC1CC(c2nc(-c3cccnc3)no2)N(Cc2ccncc2)C1. The molecule has 0 aliphatic carbocycles. The zero-order valence-corrected chi connectivity index (χ0v) is 13.0. The van der Waals surface area contributed by atoms with Crippen molar-refractivity contribution < 1.29 is 9.63 Å². The molecular formula is C17H17N5O2. The molecular weight excluding hydrogens is 306 g/mol. The minimum Gasteiger partial charge on any atom is -0.392 e. The Kier molecular flexibility index (Phi) is 4.02. The van der Waals surface area contributed by atoms with Gasteiger partial charge in [0.25, 0.3) is 0 Å². The average molecular weight is 323 g/mol. The topological polar surface area (TPSA) is 88.2 Å². The van der Waals surface area contributed by atoms with E-state index in [2.05, 4.69) is 25.0 Å². The molecule has 0 aromatic carbocycles. The van der Waals surface area contributed by atoms with Gasteiger partial charge < -0.3 is 9.63 Å². The smallest absolute Gasteiger partial charge is 0.244 e. The van der Waals surface area contributed by atoms with E-state index in [-0.39, 0.29) is 6.04 Å². The van der Waals surface area contributed by atoms with Gasteiger partial charge in [0.05, 0.1) is 12.1 Å². The van der Waals surface area contributed by atoms with Crippen LogP contribution < -0.4 is 0 Å². The number of aliphatic hydroxyl groups excluding tert-OH is 1. The van der Waals surface area contributed by atoms with Crippen LogP contribution in [-0.2, 0) is 6.54 Å². The first-order valence-electron chi connectivity index (χ1n) is 7.84. The number of rotatable bonds is 4. The second-order valence-electron chi connectivity index (χ2n) is 5.89. The Labute approximate surface area is 139 Å². The van der Waals surface area contributed by atoms with E-state index in [0.717, 1.165) is 11.1 Å². The van der Waals surface area contributed by atoms with Gasteiger partial charge in [-0.2, -0.15) is 4.98 Å². The van der Waals surface area contributed by atoms with Crippen LogP contribution in [0.15, 0.2) is 53.6 Å². The number of aliphatic hydroxyl groups is 1. The minimum absolute atomic E-state index is 0.0916. The average Bonchev–Trinajstić information content (AvgIpc) is 3.23. The zero-order chi connectivity index (χ0) is 16.4. The lowest BCUT2D eigenvalue weighted by Gasteiger charge is -2.20. The highest BCUT2D eigenvalue weighted by Crippen LogP contribution is 2.33. The van der Waals surface area contributed by atoms with E-state index in [4.69, 9.17) is 4.52 Å². The van der Waals surface area contributed by atoms with Gasteiger partial charge in [-0.3, -0.25) is 14.9 Å². The summed E-state index contributed by atoms with van der Waals surface area (Å²) < 4.78 is 5.47. The number of likely N-dealkylation sites (tertiary alicyclic amines) is 1. The van der Waals surface area contributed by atoms with Crippen LogP contribution in [0.2, 0.25) is 0 Å². The van der Waals surface area contributed by atoms with Crippen molar-refractivity contribution in [2.24, 2.45) is 0 Å². The molecule has 122 valence electrons. The predicted molar refractivity (Wildman–Crippen MR) is 85.5 cm³/mol. The van der Waals surface area contributed by atoms with Gasteiger partial charge in [0.1, 0.15) is 0 Å². The normalized spacial score (nSPS) is 21.2. The van der Waals surface area contributed by atoms with Crippen LogP contribution in [0.3, 0.4) is 0 Å². The van der Waals surface area contributed by atoms with Gasteiger partial charge >= 0.3 is 0 Å². The molecule has 2 atom stereocenters. The van der Waals surface area contributed by atoms with Gasteiger partial charge in [-0.05, 0) is 36.2 Å². The lowest BCUT2D eigenvalue weighted by Crippen LogP contribution is -2.24. The lowest BCUT2D eigenvalue weighted by atomic mass is 10.2. The van der Waals surface area contributed by atoms with Gasteiger partial charge in [-0.25, -0.2) is 0 Å². The Morgan fingerprint density at radius 1 is 1.17 bits per heavy atom. The fourth-order valence-corrected chi connectivity index (χ4v) is 3.02. The Balaban J connectivity index is 1.57. The number of β-amino-alcohol motifs (C(OH)–C–C–N with tert-alkyl or cyclic N) is 1. The van der Waals surface area contributed by atoms with Gasteiger partial charge in [0, 0.05) is 43.4 Å². The minimum atomic E-state index is -0.398.